The lowest BCUT2D eigenvalue weighted by Crippen LogP contribution is -2.43. The molecule has 0 saturated carbocycles. The lowest BCUT2D eigenvalue weighted by molar-refractivity contribution is -0.254. The third-order valence-electron chi connectivity index (χ3n) is 1.47. The van der Waals surface area contributed by atoms with E-state index in [9.17, 15) is 13.2 Å². The number of rotatable bonds is 3. The minimum absolute atomic E-state index is 0.145. The molecule has 5 heteroatoms. The van der Waals surface area contributed by atoms with Crippen LogP contribution in [0.2, 0.25) is 0 Å². The summed E-state index contributed by atoms with van der Waals surface area (Å²) in [5, 5.41) is 11.4. The predicted molar refractivity (Wildman–Crippen MR) is 35.2 cm³/mol. The fourth-order valence-corrected chi connectivity index (χ4v) is 0.510. The second-order valence-electron chi connectivity index (χ2n) is 2.63. The van der Waals surface area contributed by atoms with Gasteiger partial charge in [-0.3, -0.25) is 0 Å². The topological polar surface area (TPSA) is 32.3 Å². The molecule has 0 saturated heterocycles. The molecule has 0 spiro atoms. The van der Waals surface area contributed by atoms with E-state index in [-0.39, 0.29) is 13.0 Å². The lowest BCUT2D eigenvalue weighted by Gasteiger charge is -2.25. The van der Waals surface area contributed by atoms with E-state index in [0.717, 1.165) is 6.92 Å². The van der Waals surface area contributed by atoms with Crippen LogP contribution < -0.4 is 5.32 Å². The standard InChI is InChI=1S/C6H12F3NO/c1-5(11,3-4-10-2)6(7,8)9/h10-11H,3-4H2,1-2H3. The average molecular weight is 171 g/mol. The molecule has 11 heavy (non-hydrogen) atoms. The first-order valence-electron chi connectivity index (χ1n) is 3.25. The van der Waals surface area contributed by atoms with Gasteiger partial charge in [-0.1, -0.05) is 0 Å². The molecule has 0 amide bonds. The molecule has 0 fully saturated rings. The molecule has 1 unspecified atom stereocenters. The second kappa shape index (κ2) is 3.40. The largest absolute Gasteiger partial charge is 0.416 e. The molecular formula is C6H12F3NO. The van der Waals surface area contributed by atoms with Crippen molar-refractivity contribution in [3.63, 3.8) is 0 Å². The summed E-state index contributed by atoms with van der Waals surface area (Å²) in [6.45, 7) is 0.914. The smallest absolute Gasteiger partial charge is 0.381 e. The molecule has 0 aromatic heterocycles. The van der Waals surface area contributed by atoms with E-state index >= 15 is 0 Å². The molecule has 0 heterocycles. The van der Waals surface area contributed by atoms with Gasteiger partial charge in [0.15, 0.2) is 5.60 Å². The van der Waals surface area contributed by atoms with Crippen molar-refractivity contribution >= 4 is 0 Å². The van der Waals surface area contributed by atoms with Gasteiger partial charge in [0, 0.05) is 0 Å². The lowest BCUT2D eigenvalue weighted by atomic mass is 10.0. The van der Waals surface area contributed by atoms with Crippen LogP contribution in [-0.4, -0.2) is 30.5 Å². The van der Waals surface area contributed by atoms with Crippen LogP contribution in [0.5, 0.6) is 0 Å². The van der Waals surface area contributed by atoms with Crippen molar-refractivity contribution in [1.82, 2.24) is 5.32 Å². The molecule has 1 atom stereocenters. The van der Waals surface area contributed by atoms with Crippen molar-refractivity contribution < 1.29 is 18.3 Å². The van der Waals surface area contributed by atoms with Gasteiger partial charge >= 0.3 is 6.18 Å². The van der Waals surface area contributed by atoms with E-state index in [4.69, 9.17) is 5.11 Å². The number of nitrogens with one attached hydrogen (secondary N) is 1. The summed E-state index contributed by atoms with van der Waals surface area (Å²) in [7, 11) is 1.53. The van der Waals surface area contributed by atoms with E-state index < -0.39 is 11.8 Å². The van der Waals surface area contributed by atoms with Crippen LogP contribution in [0.3, 0.4) is 0 Å². The van der Waals surface area contributed by atoms with Gasteiger partial charge in [0.2, 0.25) is 0 Å². The predicted octanol–water partition coefficient (Wildman–Crippen LogP) is 0.909. The summed E-state index contributed by atoms with van der Waals surface area (Å²) >= 11 is 0. The van der Waals surface area contributed by atoms with Gasteiger partial charge in [0.05, 0.1) is 0 Å². The average Bonchev–Trinajstić information content (AvgIpc) is 1.81. The minimum Gasteiger partial charge on any atom is -0.381 e. The monoisotopic (exact) mass is 171 g/mol. The molecule has 0 radical (unpaired) electrons. The highest BCUT2D eigenvalue weighted by molar-refractivity contribution is 4.81. The molecule has 2 N–H and O–H groups in total. The molecule has 0 aromatic rings. The van der Waals surface area contributed by atoms with Crippen molar-refractivity contribution in [2.75, 3.05) is 13.6 Å². The quantitative estimate of drug-likeness (QED) is 0.661. The van der Waals surface area contributed by atoms with Gasteiger partial charge in [-0.2, -0.15) is 13.2 Å². The van der Waals surface area contributed by atoms with Crippen LogP contribution in [0.15, 0.2) is 0 Å². The van der Waals surface area contributed by atoms with Gasteiger partial charge in [-0.05, 0) is 26.9 Å². The summed E-state index contributed by atoms with van der Waals surface area (Å²) < 4.78 is 35.6. The molecule has 68 valence electrons. The van der Waals surface area contributed by atoms with Crippen LogP contribution in [0.4, 0.5) is 13.2 Å². The molecule has 0 aromatic carbocycles. The van der Waals surface area contributed by atoms with Gasteiger partial charge in [0.25, 0.3) is 0 Å². The molecule has 0 bridgehead atoms. The van der Waals surface area contributed by atoms with Crippen LogP contribution in [0.1, 0.15) is 13.3 Å². The second-order valence-corrected chi connectivity index (χ2v) is 2.63. The van der Waals surface area contributed by atoms with Crippen molar-refractivity contribution in [1.29, 1.82) is 0 Å². The number of hydrogen-bond acceptors (Lipinski definition) is 2. The molecule has 0 aliphatic carbocycles. The Morgan fingerprint density at radius 2 is 1.82 bits per heavy atom. The zero-order chi connectivity index (χ0) is 9.12. The summed E-state index contributed by atoms with van der Waals surface area (Å²) in [5.74, 6) is 0. The fourth-order valence-electron chi connectivity index (χ4n) is 0.510. The first-order valence-corrected chi connectivity index (χ1v) is 3.25. The van der Waals surface area contributed by atoms with Crippen molar-refractivity contribution in [2.45, 2.75) is 25.1 Å². The highest BCUT2D eigenvalue weighted by Crippen LogP contribution is 2.31. The first kappa shape index (κ1) is 10.7. The Bertz CT molecular complexity index is 121. The number of alkyl halides is 3. The van der Waals surface area contributed by atoms with Gasteiger partial charge in [-0.15, -0.1) is 0 Å². The van der Waals surface area contributed by atoms with Crippen molar-refractivity contribution in [3.8, 4) is 0 Å². The van der Waals surface area contributed by atoms with E-state index in [1.165, 1.54) is 7.05 Å². The summed E-state index contributed by atoms with van der Waals surface area (Å²) in [6, 6.07) is 0. The fraction of sp³-hybridized carbons (Fsp3) is 1.00. The normalized spacial score (nSPS) is 18.0. The summed E-state index contributed by atoms with van der Waals surface area (Å²) in [6.07, 6.45) is -4.86. The molecule has 2 nitrogen and oxygen atoms in total. The number of halogens is 3. The SMILES string of the molecule is CNCCC(C)(O)C(F)(F)F. The van der Waals surface area contributed by atoms with E-state index in [2.05, 4.69) is 5.32 Å². The Morgan fingerprint density at radius 1 is 1.36 bits per heavy atom. The Morgan fingerprint density at radius 3 is 2.09 bits per heavy atom. The van der Waals surface area contributed by atoms with Crippen LogP contribution in [0.25, 0.3) is 0 Å². The van der Waals surface area contributed by atoms with Gasteiger partial charge < -0.3 is 10.4 Å². The third kappa shape index (κ3) is 3.07. The minimum atomic E-state index is -4.54. The Kier molecular flexibility index (Phi) is 3.31. The van der Waals surface area contributed by atoms with Gasteiger partial charge in [0.1, 0.15) is 0 Å². The molecule has 0 aliphatic heterocycles. The van der Waals surface area contributed by atoms with Crippen molar-refractivity contribution in [3.05, 3.63) is 0 Å². The Hall–Kier alpha value is -0.290. The van der Waals surface area contributed by atoms with E-state index in [1.807, 2.05) is 0 Å². The van der Waals surface area contributed by atoms with Crippen LogP contribution >= 0.6 is 0 Å². The molecule has 0 aliphatic rings. The number of hydrogen-bond donors (Lipinski definition) is 2. The van der Waals surface area contributed by atoms with E-state index in [0.29, 0.717) is 0 Å². The molecule has 0 rings (SSSR count). The van der Waals surface area contributed by atoms with Gasteiger partial charge in [-0.25, -0.2) is 0 Å². The van der Waals surface area contributed by atoms with Crippen LogP contribution in [0, 0.1) is 0 Å². The maximum absolute atomic E-state index is 11.9. The van der Waals surface area contributed by atoms with Crippen LogP contribution in [-0.2, 0) is 0 Å². The Labute approximate surface area is 63.4 Å². The van der Waals surface area contributed by atoms with E-state index in [1.54, 1.807) is 0 Å². The summed E-state index contributed by atoms with van der Waals surface area (Å²) in [5.41, 5.74) is -2.57. The number of aliphatic hydroxyl groups is 1. The highest BCUT2D eigenvalue weighted by atomic mass is 19.4. The maximum atomic E-state index is 11.9. The zero-order valence-corrected chi connectivity index (χ0v) is 6.50. The van der Waals surface area contributed by atoms with Crippen molar-refractivity contribution in [2.24, 2.45) is 0 Å². The first-order chi connectivity index (χ1) is 4.81. The molecular weight excluding hydrogens is 159 g/mol. The third-order valence-corrected chi connectivity index (χ3v) is 1.47. The zero-order valence-electron chi connectivity index (χ0n) is 6.50. The Balaban J connectivity index is 4.00. The highest BCUT2D eigenvalue weighted by Gasteiger charge is 2.48. The summed E-state index contributed by atoms with van der Waals surface area (Å²) in [4.78, 5) is 0. The maximum Gasteiger partial charge on any atom is 0.416 e.